The smallest absolute Gasteiger partial charge is 0.126 e. The number of hydrogen-bond donors (Lipinski definition) is 0. The van der Waals surface area contributed by atoms with E-state index in [9.17, 15) is 8.78 Å². The lowest BCUT2D eigenvalue weighted by Gasteiger charge is -2.24. The molecule has 1 rings (SSSR count). The van der Waals surface area contributed by atoms with E-state index in [-0.39, 0.29) is 5.16 Å². The van der Waals surface area contributed by atoms with Crippen molar-refractivity contribution in [2.45, 2.75) is 38.8 Å². The van der Waals surface area contributed by atoms with E-state index in [0.717, 1.165) is 24.2 Å². The van der Waals surface area contributed by atoms with Crippen molar-refractivity contribution >= 4 is 13.9 Å². The van der Waals surface area contributed by atoms with Gasteiger partial charge in [-0.1, -0.05) is 35.8 Å². The molecule has 0 saturated heterocycles. The molecule has 0 heterocycles. The Balaban J connectivity index is 2.80. The van der Waals surface area contributed by atoms with Gasteiger partial charge in [-0.2, -0.15) is 0 Å². The van der Waals surface area contributed by atoms with Crippen LogP contribution < -0.4 is 5.30 Å². The summed E-state index contributed by atoms with van der Waals surface area (Å²) in [5.74, 6) is -0.963. The first kappa shape index (κ1) is 12.6. The summed E-state index contributed by atoms with van der Waals surface area (Å²) in [6.07, 6.45) is 2.17. The minimum atomic E-state index is -0.482. The molecule has 0 aliphatic rings. The SMILES string of the molecule is CCCC(C)(C)Pc1cc(F)cc(F)c1. The van der Waals surface area contributed by atoms with Crippen LogP contribution in [-0.2, 0) is 0 Å². The van der Waals surface area contributed by atoms with Crippen LogP contribution >= 0.6 is 8.58 Å². The van der Waals surface area contributed by atoms with Crippen LogP contribution in [0.25, 0.3) is 0 Å². The molecule has 1 unspecified atom stereocenters. The quantitative estimate of drug-likeness (QED) is 0.689. The fourth-order valence-electron chi connectivity index (χ4n) is 1.70. The van der Waals surface area contributed by atoms with E-state index in [0.29, 0.717) is 8.58 Å². The molecule has 0 amide bonds. The molecule has 84 valence electrons. The normalized spacial score (nSPS) is 12.6. The van der Waals surface area contributed by atoms with Crippen LogP contribution in [0, 0.1) is 11.6 Å². The second kappa shape index (κ2) is 5.03. The molecule has 15 heavy (non-hydrogen) atoms. The number of benzene rings is 1. The summed E-state index contributed by atoms with van der Waals surface area (Å²) in [5.41, 5.74) is 0. The third-order valence-corrected chi connectivity index (χ3v) is 3.72. The lowest BCUT2D eigenvalue weighted by atomic mass is 10.1. The Kier molecular flexibility index (Phi) is 4.21. The van der Waals surface area contributed by atoms with Gasteiger partial charge >= 0.3 is 0 Å². The molecule has 3 heteroatoms. The van der Waals surface area contributed by atoms with E-state index in [1.807, 2.05) is 0 Å². The number of rotatable bonds is 4. The molecule has 0 spiro atoms. The van der Waals surface area contributed by atoms with Crippen molar-refractivity contribution in [3.8, 4) is 0 Å². The van der Waals surface area contributed by atoms with Crippen molar-refractivity contribution in [3.63, 3.8) is 0 Å². The van der Waals surface area contributed by atoms with E-state index in [4.69, 9.17) is 0 Å². The molecule has 0 N–H and O–H groups in total. The standard InChI is InChI=1S/C12H17F2P/c1-4-5-12(2,3)15-11-7-9(13)6-10(14)8-11/h6-8,15H,4-5H2,1-3H3. The van der Waals surface area contributed by atoms with Gasteiger partial charge in [-0.15, -0.1) is 0 Å². The summed E-state index contributed by atoms with van der Waals surface area (Å²) in [7, 11) is 0.451. The zero-order valence-electron chi connectivity index (χ0n) is 9.40. The monoisotopic (exact) mass is 230 g/mol. The molecule has 0 aliphatic heterocycles. The van der Waals surface area contributed by atoms with Crippen molar-refractivity contribution in [2.75, 3.05) is 0 Å². The Labute approximate surface area is 91.9 Å². The lowest BCUT2D eigenvalue weighted by Crippen LogP contribution is -2.16. The second-order valence-corrected chi connectivity index (χ2v) is 6.60. The highest BCUT2D eigenvalue weighted by molar-refractivity contribution is 7.48. The second-order valence-electron chi connectivity index (χ2n) is 4.42. The predicted molar refractivity (Wildman–Crippen MR) is 63.3 cm³/mol. The van der Waals surface area contributed by atoms with Crippen LogP contribution in [-0.4, -0.2) is 5.16 Å². The predicted octanol–water partition coefficient (Wildman–Crippen LogP) is 3.85. The average Bonchev–Trinajstić information content (AvgIpc) is 1.99. The van der Waals surface area contributed by atoms with Crippen LogP contribution in [0.5, 0.6) is 0 Å². The first-order valence-electron chi connectivity index (χ1n) is 5.17. The van der Waals surface area contributed by atoms with Crippen LogP contribution in [0.1, 0.15) is 33.6 Å². The number of halogens is 2. The van der Waals surface area contributed by atoms with Gasteiger partial charge in [0.2, 0.25) is 0 Å². The van der Waals surface area contributed by atoms with Gasteiger partial charge in [0, 0.05) is 6.07 Å². The molecule has 0 radical (unpaired) electrons. The summed E-state index contributed by atoms with van der Waals surface area (Å²) < 4.78 is 25.9. The van der Waals surface area contributed by atoms with Gasteiger partial charge in [0.05, 0.1) is 0 Å². The van der Waals surface area contributed by atoms with E-state index >= 15 is 0 Å². The maximum absolute atomic E-state index is 13.0. The molecule has 0 aliphatic carbocycles. The molecule has 0 aromatic heterocycles. The zero-order chi connectivity index (χ0) is 11.5. The summed E-state index contributed by atoms with van der Waals surface area (Å²) in [5, 5.41) is 0.903. The van der Waals surface area contributed by atoms with Crippen molar-refractivity contribution in [3.05, 3.63) is 29.8 Å². The molecule has 0 saturated carbocycles. The fraction of sp³-hybridized carbons (Fsp3) is 0.500. The van der Waals surface area contributed by atoms with Gasteiger partial charge in [0.25, 0.3) is 0 Å². The molecule has 1 aromatic rings. The van der Waals surface area contributed by atoms with Gasteiger partial charge in [-0.25, -0.2) is 8.78 Å². The van der Waals surface area contributed by atoms with E-state index in [1.165, 1.54) is 12.1 Å². The maximum atomic E-state index is 13.0. The van der Waals surface area contributed by atoms with Crippen molar-refractivity contribution in [1.82, 2.24) is 0 Å². The average molecular weight is 230 g/mol. The van der Waals surface area contributed by atoms with E-state index in [2.05, 4.69) is 20.8 Å². The summed E-state index contributed by atoms with van der Waals surface area (Å²) >= 11 is 0. The highest BCUT2D eigenvalue weighted by atomic mass is 31.1. The van der Waals surface area contributed by atoms with Crippen molar-refractivity contribution in [1.29, 1.82) is 0 Å². The summed E-state index contributed by atoms with van der Waals surface area (Å²) in [4.78, 5) is 0. The van der Waals surface area contributed by atoms with Gasteiger partial charge in [-0.3, -0.25) is 0 Å². The summed E-state index contributed by atoms with van der Waals surface area (Å²) in [6, 6.07) is 3.78. The van der Waals surface area contributed by atoms with Crippen LogP contribution in [0.15, 0.2) is 18.2 Å². The lowest BCUT2D eigenvalue weighted by molar-refractivity contribution is 0.585. The minimum absolute atomic E-state index is 0.134. The molecule has 0 fully saturated rings. The maximum Gasteiger partial charge on any atom is 0.126 e. The Morgan fingerprint density at radius 2 is 1.67 bits per heavy atom. The Hall–Kier alpha value is -0.490. The van der Waals surface area contributed by atoms with Crippen LogP contribution in [0.4, 0.5) is 8.78 Å². The third kappa shape index (κ3) is 4.25. The zero-order valence-corrected chi connectivity index (χ0v) is 10.4. The molecule has 0 bridgehead atoms. The van der Waals surface area contributed by atoms with Crippen molar-refractivity contribution in [2.24, 2.45) is 0 Å². The molecule has 1 aromatic carbocycles. The molecule has 0 nitrogen and oxygen atoms in total. The third-order valence-electron chi connectivity index (χ3n) is 2.22. The topological polar surface area (TPSA) is 0 Å². The van der Waals surface area contributed by atoms with Crippen molar-refractivity contribution < 1.29 is 8.78 Å². The van der Waals surface area contributed by atoms with Gasteiger partial charge < -0.3 is 0 Å². The van der Waals surface area contributed by atoms with Gasteiger partial charge in [0.15, 0.2) is 0 Å². The summed E-state index contributed by atoms with van der Waals surface area (Å²) in [6.45, 7) is 6.40. The van der Waals surface area contributed by atoms with E-state index < -0.39 is 11.6 Å². The van der Waals surface area contributed by atoms with Gasteiger partial charge in [-0.05, 0) is 29.0 Å². The molecule has 1 atom stereocenters. The molecular formula is C12H17F2P. The Morgan fingerprint density at radius 3 is 2.13 bits per heavy atom. The largest absolute Gasteiger partial charge is 0.207 e. The fourth-order valence-corrected chi connectivity index (χ4v) is 3.28. The number of hydrogen-bond acceptors (Lipinski definition) is 0. The van der Waals surface area contributed by atoms with Gasteiger partial charge in [0.1, 0.15) is 11.6 Å². The minimum Gasteiger partial charge on any atom is -0.207 e. The molecular weight excluding hydrogens is 213 g/mol. The Bertz CT molecular complexity index is 314. The van der Waals surface area contributed by atoms with E-state index in [1.54, 1.807) is 0 Å². The van der Waals surface area contributed by atoms with Crippen LogP contribution in [0.2, 0.25) is 0 Å². The van der Waals surface area contributed by atoms with Crippen LogP contribution in [0.3, 0.4) is 0 Å². The Morgan fingerprint density at radius 1 is 1.13 bits per heavy atom. The highest BCUT2D eigenvalue weighted by Crippen LogP contribution is 2.34. The first-order chi connectivity index (χ1) is 6.93. The highest BCUT2D eigenvalue weighted by Gasteiger charge is 2.17. The first-order valence-corrected chi connectivity index (χ1v) is 6.17.